The van der Waals surface area contributed by atoms with Crippen LogP contribution in [0.2, 0.25) is 0 Å². The topological polar surface area (TPSA) is 88.9 Å². The minimum absolute atomic E-state index is 0.0430. The van der Waals surface area contributed by atoms with Gasteiger partial charge in [0.25, 0.3) is 0 Å². The number of hydrogen-bond acceptors (Lipinski definition) is 5. The lowest BCUT2D eigenvalue weighted by atomic mass is 10.2. The van der Waals surface area contributed by atoms with Gasteiger partial charge in [0.1, 0.15) is 16.4 Å². The van der Waals surface area contributed by atoms with Crippen molar-refractivity contribution in [3.63, 3.8) is 0 Å². The van der Waals surface area contributed by atoms with Crippen LogP contribution in [0.4, 0.5) is 23.7 Å². The SMILES string of the molecule is O=C(Nc1cccc(Br)c1)N(Cc1cccc(OS(=O)(=O)c2cccc(C(F)(F)F)c2)c1)Cc1ccco1. The van der Waals surface area contributed by atoms with E-state index in [1.54, 1.807) is 36.4 Å². The van der Waals surface area contributed by atoms with Gasteiger partial charge >= 0.3 is 22.3 Å². The molecule has 12 heteroatoms. The smallest absolute Gasteiger partial charge is 0.416 e. The summed E-state index contributed by atoms with van der Waals surface area (Å²) in [4.78, 5) is 13.9. The number of carbonyl (C=O) groups is 1. The fraction of sp³-hybridized carbons (Fsp3) is 0.115. The van der Waals surface area contributed by atoms with Crippen LogP contribution in [0.25, 0.3) is 0 Å². The minimum atomic E-state index is -4.71. The molecule has 4 rings (SSSR count). The number of nitrogens with zero attached hydrogens (tertiary/aromatic N) is 1. The van der Waals surface area contributed by atoms with Crippen molar-refractivity contribution in [3.05, 3.63) is 113 Å². The van der Waals surface area contributed by atoms with Gasteiger partial charge in [-0.05, 0) is 66.2 Å². The third-order valence-electron chi connectivity index (χ3n) is 5.22. The summed E-state index contributed by atoms with van der Waals surface area (Å²) in [6, 6.07) is 19.2. The van der Waals surface area contributed by atoms with E-state index in [0.717, 1.165) is 22.7 Å². The van der Waals surface area contributed by atoms with E-state index >= 15 is 0 Å². The number of nitrogens with one attached hydrogen (secondary N) is 1. The number of hydrogen-bond donors (Lipinski definition) is 1. The molecule has 0 aliphatic rings. The summed E-state index contributed by atoms with van der Waals surface area (Å²) < 4.78 is 75.7. The second-order valence-electron chi connectivity index (χ2n) is 8.09. The molecular formula is C26H20BrF3N2O5S. The van der Waals surface area contributed by atoms with Gasteiger partial charge in [-0.1, -0.05) is 40.2 Å². The third kappa shape index (κ3) is 7.17. The fourth-order valence-corrected chi connectivity index (χ4v) is 4.85. The Hall–Kier alpha value is -3.77. The molecule has 0 aliphatic heterocycles. The molecule has 7 nitrogen and oxygen atoms in total. The van der Waals surface area contributed by atoms with Crippen LogP contribution in [-0.2, 0) is 29.4 Å². The molecule has 38 heavy (non-hydrogen) atoms. The first kappa shape index (κ1) is 27.3. The van der Waals surface area contributed by atoms with E-state index < -0.39 is 32.8 Å². The summed E-state index contributed by atoms with van der Waals surface area (Å²) in [7, 11) is -4.56. The van der Waals surface area contributed by atoms with Crippen LogP contribution in [0, 0.1) is 0 Å². The molecule has 1 N–H and O–H groups in total. The summed E-state index contributed by atoms with van der Waals surface area (Å²) in [6.07, 6.45) is -3.23. The predicted octanol–water partition coefficient (Wildman–Crippen LogP) is 7.06. The highest BCUT2D eigenvalue weighted by Crippen LogP contribution is 2.31. The maximum atomic E-state index is 13.1. The Morgan fingerprint density at radius 2 is 1.71 bits per heavy atom. The molecule has 1 heterocycles. The van der Waals surface area contributed by atoms with Crippen molar-refractivity contribution in [3.8, 4) is 5.75 Å². The van der Waals surface area contributed by atoms with Gasteiger partial charge in [-0.3, -0.25) is 0 Å². The zero-order valence-corrected chi connectivity index (χ0v) is 21.9. The normalized spacial score (nSPS) is 11.7. The Kier molecular flexibility index (Phi) is 8.12. The predicted molar refractivity (Wildman–Crippen MR) is 137 cm³/mol. The maximum Gasteiger partial charge on any atom is 0.416 e. The van der Waals surface area contributed by atoms with Gasteiger partial charge in [0, 0.05) is 16.7 Å². The van der Waals surface area contributed by atoms with E-state index in [1.165, 1.54) is 29.4 Å². The van der Waals surface area contributed by atoms with Crippen molar-refractivity contribution in [2.24, 2.45) is 0 Å². The maximum absolute atomic E-state index is 13.1. The lowest BCUT2D eigenvalue weighted by Gasteiger charge is -2.23. The second-order valence-corrected chi connectivity index (χ2v) is 10.5. The van der Waals surface area contributed by atoms with E-state index in [4.69, 9.17) is 8.60 Å². The number of rotatable bonds is 8. The Morgan fingerprint density at radius 1 is 0.947 bits per heavy atom. The van der Waals surface area contributed by atoms with Gasteiger partial charge in [-0.25, -0.2) is 4.79 Å². The summed E-state index contributed by atoms with van der Waals surface area (Å²) >= 11 is 3.36. The molecular weight excluding hydrogens is 589 g/mol. The van der Waals surface area contributed by atoms with Crippen molar-refractivity contribution in [1.29, 1.82) is 0 Å². The number of halogens is 4. The fourth-order valence-electron chi connectivity index (χ4n) is 3.48. The molecule has 2 amide bonds. The second kappa shape index (κ2) is 11.3. The van der Waals surface area contributed by atoms with Gasteiger partial charge in [0.15, 0.2) is 0 Å². The number of anilines is 1. The molecule has 0 fully saturated rings. The Labute approximate surface area is 225 Å². The number of furan rings is 1. The molecule has 3 aromatic carbocycles. The number of carbonyl (C=O) groups excluding carboxylic acids is 1. The quantitative estimate of drug-likeness (QED) is 0.216. The van der Waals surface area contributed by atoms with Crippen molar-refractivity contribution in [2.45, 2.75) is 24.2 Å². The van der Waals surface area contributed by atoms with Crippen LogP contribution >= 0.6 is 15.9 Å². The largest absolute Gasteiger partial charge is 0.467 e. The molecule has 0 saturated heterocycles. The van der Waals surface area contributed by atoms with Crippen LogP contribution in [0.3, 0.4) is 0 Å². The molecule has 0 spiro atoms. The van der Waals surface area contributed by atoms with E-state index in [1.807, 2.05) is 6.07 Å². The Bertz CT molecular complexity index is 1530. The van der Waals surface area contributed by atoms with Gasteiger partial charge < -0.3 is 18.8 Å². The average Bonchev–Trinajstić information content (AvgIpc) is 3.36. The zero-order valence-electron chi connectivity index (χ0n) is 19.5. The number of benzene rings is 3. The molecule has 1 aromatic heterocycles. The molecule has 4 aromatic rings. The minimum Gasteiger partial charge on any atom is -0.467 e. The van der Waals surface area contributed by atoms with Crippen molar-refractivity contribution >= 4 is 37.8 Å². The molecule has 0 bridgehead atoms. The lowest BCUT2D eigenvalue weighted by Crippen LogP contribution is -2.34. The van der Waals surface area contributed by atoms with Crippen LogP contribution in [-0.4, -0.2) is 19.3 Å². The van der Waals surface area contributed by atoms with Gasteiger partial charge in [0.2, 0.25) is 0 Å². The van der Waals surface area contributed by atoms with E-state index in [0.29, 0.717) is 23.1 Å². The Balaban J connectivity index is 1.54. The summed E-state index contributed by atoms with van der Waals surface area (Å²) in [5.41, 5.74) is -0.0447. The highest BCUT2D eigenvalue weighted by atomic mass is 79.9. The van der Waals surface area contributed by atoms with Crippen molar-refractivity contribution in [1.82, 2.24) is 4.90 Å². The summed E-state index contributed by atoms with van der Waals surface area (Å²) in [5.74, 6) is 0.402. The van der Waals surface area contributed by atoms with Gasteiger partial charge in [0.05, 0.1) is 18.4 Å². The van der Waals surface area contributed by atoms with Crippen LogP contribution in [0.1, 0.15) is 16.9 Å². The van der Waals surface area contributed by atoms with Gasteiger partial charge in [-0.15, -0.1) is 0 Å². The van der Waals surface area contributed by atoms with E-state index in [2.05, 4.69) is 21.2 Å². The number of urea groups is 1. The first-order valence-corrected chi connectivity index (χ1v) is 13.2. The molecule has 0 unspecified atom stereocenters. The van der Waals surface area contributed by atoms with E-state index in [9.17, 15) is 26.4 Å². The van der Waals surface area contributed by atoms with Crippen molar-refractivity contribution in [2.75, 3.05) is 5.32 Å². The van der Waals surface area contributed by atoms with Gasteiger partial charge in [-0.2, -0.15) is 21.6 Å². The molecule has 198 valence electrons. The van der Waals surface area contributed by atoms with Crippen LogP contribution in [0.5, 0.6) is 5.75 Å². The summed E-state index contributed by atoms with van der Waals surface area (Å²) in [5, 5.41) is 2.80. The molecule has 0 radical (unpaired) electrons. The van der Waals surface area contributed by atoms with Crippen LogP contribution in [0.15, 0.2) is 105 Å². The monoisotopic (exact) mass is 608 g/mol. The highest BCUT2D eigenvalue weighted by Gasteiger charge is 2.32. The van der Waals surface area contributed by atoms with E-state index in [-0.39, 0.29) is 18.8 Å². The van der Waals surface area contributed by atoms with Crippen molar-refractivity contribution < 1.29 is 35.0 Å². The van der Waals surface area contributed by atoms with Crippen LogP contribution < -0.4 is 9.50 Å². The standard InChI is InChI=1S/C26H20BrF3N2O5S/c27-20-7-3-8-21(15-20)31-25(33)32(17-23-10-4-12-36-23)16-18-5-1-9-22(13-18)37-38(34,35)24-11-2-6-19(14-24)26(28,29)30/h1-15H,16-17H2,(H,31,33). The molecule has 0 aliphatic carbocycles. The highest BCUT2D eigenvalue weighted by molar-refractivity contribution is 9.10. The summed E-state index contributed by atoms with van der Waals surface area (Å²) in [6.45, 7) is 0.155. The average molecular weight is 609 g/mol. The third-order valence-corrected chi connectivity index (χ3v) is 6.95. The molecule has 0 atom stereocenters. The lowest BCUT2D eigenvalue weighted by molar-refractivity contribution is -0.137. The number of alkyl halides is 3. The first-order valence-electron chi connectivity index (χ1n) is 11.0. The number of amides is 2. The zero-order chi connectivity index (χ0) is 27.3. The first-order chi connectivity index (χ1) is 18.0. The molecule has 0 saturated carbocycles. The Morgan fingerprint density at radius 3 is 2.42 bits per heavy atom.